The topological polar surface area (TPSA) is 24.8 Å². The average Bonchev–Trinajstić information content (AvgIpc) is 2.01. The van der Waals surface area contributed by atoms with Crippen LogP contribution in [0.3, 0.4) is 0 Å². The Labute approximate surface area is 73.0 Å². The summed E-state index contributed by atoms with van der Waals surface area (Å²) in [6.07, 6.45) is 3.75. The van der Waals surface area contributed by atoms with Crippen LogP contribution in [0.15, 0.2) is 4.99 Å². The van der Waals surface area contributed by atoms with Crippen molar-refractivity contribution in [3.05, 3.63) is 0 Å². The standard InChI is InChI=1S/C7H16N2OS/c1-4-8-7-9(2)5-6-10-11-3/h7H,4-6H2,1-3H3. The van der Waals surface area contributed by atoms with Crippen molar-refractivity contribution in [2.24, 2.45) is 4.99 Å². The minimum Gasteiger partial charge on any atom is -0.364 e. The maximum Gasteiger partial charge on any atom is 0.0847 e. The van der Waals surface area contributed by atoms with Crippen molar-refractivity contribution >= 4 is 18.4 Å². The first-order valence-corrected chi connectivity index (χ1v) is 4.82. The molecule has 0 aromatic rings. The number of likely N-dealkylation sites (N-methyl/N-ethyl adjacent to an activating group) is 1. The molecular formula is C7H16N2OS. The van der Waals surface area contributed by atoms with E-state index in [1.807, 2.05) is 31.5 Å². The van der Waals surface area contributed by atoms with E-state index in [1.165, 1.54) is 12.0 Å². The van der Waals surface area contributed by atoms with Crippen molar-refractivity contribution in [2.45, 2.75) is 6.92 Å². The van der Waals surface area contributed by atoms with E-state index in [0.29, 0.717) is 0 Å². The first-order valence-electron chi connectivity index (χ1n) is 3.67. The Morgan fingerprint density at radius 1 is 1.64 bits per heavy atom. The SMILES string of the molecule is CCN=CN(C)CCOSC. The molecule has 0 spiro atoms. The lowest BCUT2D eigenvalue weighted by Gasteiger charge is -2.11. The number of hydrogen-bond donors (Lipinski definition) is 0. The van der Waals surface area contributed by atoms with Gasteiger partial charge in [-0.1, -0.05) is 0 Å². The number of rotatable bonds is 6. The molecule has 0 atom stereocenters. The Morgan fingerprint density at radius 3 is 2.91 bits per heavy atom. The van der Waals surface area contributed by atoms with E-state index >= 15 is 0 Å². The molecule has 0 aliphatic heterocycles. The number of nitrogens with zero attached hydrogens (tertiary/aromatic N) is 2. The highest BCUT2D eigenvalue weighted by atomic mass is 32.2. The highest BCUT2D eigenvalue weighted by Gasteiger charge is 1.90. The largest absolute Gasteiger partial charge is 0.364 e. The van der Waals surface area contributed by atoms with Crippen LogP contribution in [0.1, 0.15) is 6.92 Å². The molecule has 0 radical (unpaired) electrons. The van der Waals surface area contributed by atoms with Crippen LogP contribution in [0.25, 0.3) is 0 Å². The summed E-state index contributed by atoms with van der Waals surface area (Å²) in [7, 11) is 1.99. The van der Waals surface area contributed by atoms with E-state index in [9.17, 15) is 0 Å². The number of hydrogen-bond acceptors (Lipinski definition) is 3. The third kappa shape index (κ3) is 7.68. The number of aliphatic imine (C=N–C) groups is 1. The van der Waals surface area contributed by atoms with Crippen molar-refractivity contribution in [1.29, 1.82) is 0 Å². The molecular weight excluding hydrogens is 160 g/mol. The summed E-state index contributed by atoms with van der Waals surface area (Å²) in [5, 5.41) is 0. The highest BCUT2D eigenvalue weighted by Crippen LogP contribution is 1.93. The van der Waals surface area contributed by atoms with Gasteiger partial charge in [-0.3, -0.25) is 4.99 Å². The second-order valence-electron chi connectivity index (χ2n) is 2.08. The molecule has 0 amide bonds. The smallest absolute Gasteiger partial charge is 0.0847 e. The van der Waals surface area contributed by atoms with Crippen LogP contribution in [0.4, 0.5) is 0 Å². The molecule has 11 heavy (non-hydrogen) atoms. The van der Waals surface area contributed by atoms with Gasteiger partial charge in [0.25, 0.3) is 0 Å². The molecule has 0 aliphatic rings. The lowest BCUT2D eigenvalue weighted by atomic mass is 10.6. The van der Waals surface area contributed by atoms with E-state index in [1.54, 1.807) is 0 Å². The lowest BCUT2D eigenvalue weighted by Crippen LogP contribution is -2.20. The summed E-state index contributed by atoms with van der Waals surface area (Å²) in [6.45, 7) is 4.49. The van der Waals surface area contributed by atoms with Gasteiger partial charge in [0.05, 0.1) is 12.9 Å². The molecule has 0 unspecified atom stereocenters. The maximum atomic E-state index is 5.10. The summed E-state index contributed by atoms with van der Waals surface area (Å²) in [4.78, 5) is 6.10. The zero-order chi connectivity index (χ0) is 8.53. The van der Waals surface area contributed by atoms with Gasteiger partial charge < -0.3 is 9.08 Å². The fourth-order valence-electron chi connectivity index (χ4n) is 0.543. The zero-order valence-corrected chi connectivity index (χ0v) is 8.23. The average molecular weight is 176 g/mol. The minimum atomic E-state index is 0.743. The van der Waals surface area contributed by atoms with Gasteiger partial charge >= 0.3 is 0 Å². The van der Waals surface area contributed by atoms with Gasteiger partial charge in [-0.15, -0.1) is 0 Å². The molecule has 0 heterocycles. The van der Waals surface area contributed by atoms with Gasteiger partial charge in [-0.2, -0.15) is 0 Å². The van der Waals surface area contributed by atoms with Crippen molar-refractivity contribution in [3.63, 3.8) is 0 Å². The molecule has 3 nitrogen and oxygen atoms in total. The van der Waals surface area contributed by atoms with Gasteiger partial charge in [0.2, 0.25) is 0 Å². The van der Waals surface area contributed by atoms with E-state index in [-0.39, 0.29) is 0 Å². The fourth-order valence-corrected chi connectivity index (χ4v) is 0.785. The van der Waals surface area contributed by atoms with Crippen LogP contribution in [-0.2, 0) is 4.18 Å². The summed E-state index contributed by atoms with van der Waals surface area (Å²) < 4.78 is 5.10. The predicted molar refractivity (Wildman–Crippen MR) is 51.1 cm³/mol. The Morgan fingerprint density at radius 2 is 2.36 bits per heavy atom. The summed E-state index contributed by atoms with van der Waals surface area (Å²) in [5.41, 5.74) is 0. The van der Waals surface area contributed by atoms with Crippen LogP contribution in [-0.4, -0.2) is 44.2 Å². The summed E-state index contributed by atoms with van der Waals surface area (Å²) in [6, 6.07) is 0. The van der Waals surface area contributed by atoms with Crippen molar-refractivity contribution in [3.8, 4) is 0 Å². The van der Waals surface area contributed by atoms with Crippen LogP contribution in [0.5, 0.6) is 0 Å². The van der Waals surface area contributed by atoms with Gasteiger partial charge in [0.15, 0.2) is 0 Å². The van der Waals surface area contributed by atoms with Crippen molar-refractivity contribution in [1.82, 2.24) is 4.90 Å². The molecule has 0 rings (SSSR count). The Balaban J connectivity index is 3.21. The molecule has 0 aromatic heterocycles. The third-order valence-corrected chi connectivity index (χ3v) is 1.51. The van der Waals surface area contributed by atoms with Crippen molar-refractivity contribution < 1.29 is 4.18 Å². The molecule has 0 N–H and O–H groups in total. The molecule has 0 bridgehead atoms. The van der Waals surface area contributed by atoms with Crippen LogP contribution >= 0.6 is 12.0 Å². The molecule has 0 aromatic carbocycles. The second kappa shape index (κ2) is 7.88. The molecule has 0 aliphatic carbocycles. The Kier molecular flexibility index (Phi) is 7.72. The quantitative estimate of drug-likeness (QED) is 0.264. The zero-order valence-electron chi connectivity index (χ0n) is 7.41. The Bertz CT molecular complexity index is 109. The van der Waals surface area contributed by atoms with Crippen molar-refractivity contribution in [2.75, 3.05) is 33.0 Å². The van der Waals surface area contributed by atoms with E-state index in [0.717, 1.165) is 19.7 Å². The van der Waals surface area contributed by atoms with Gasteiger partial charge in [-0.25, -0.2) is 0 Å². The molecule has 66 valence electrons. The molecule has 0 saturated heterocycles. The molecule has 4 heteroatoms. The van der Waals surface area contributed by atoms with Gasteiger partial charge in [0, 0.05) is 26.4 Å². The lowest BCUT2D eigenvalue weighted by molar-refractivity contribution is 0.329. The maximum absolute atomic E-state index is 5.10. The molecule has 0 saturated carbocycles. The fraction of sp³-hybridized carbons (Fsp3) is 0.857. The Hall–Kier alpha value is -0.220. The van der Waals surface area contributed by atoms with Gasteiger partial charge in [0.1, 0.15) is 0 Å². The monoisotopic (exact) mass is 176 g/mol. The van der Waals surface area contributed by atoms with E-state index in [2.05, 4.69) is 4.99 Å². The van der Waals surface area contributed by atoms with Crippen LogP contribution in [0.2, 0.25) is 0 Å². The highest BCUT2D eigenvalue weighted by molar-refractivity contribution is 7.93. The predicted octanol–water partition coefficient (Wildman–Crippen LogP) is 1.26. The first kappa shape index (κ1) is 10.8. The normalized spacial score (nSPS) is 10.8. The second-order valence-corrected chi connectivity index (χ2v) is 2.65. The van der Waals surface area contributed by atoms with E-state index < -0.39 is 0 Å². The van der Waals surface area contributed by atoms with E-state index in [4.69, 9.17) is 4.18 Å². The molecule has 0 fully saturated rings. The minimum absolute atomic E-state index is 0.743. The van der Waals surface area contributed by atoms with Crippen LogP contribution in [0, 0.1) is 0 Å². The summed E-state index contributed by atoms with van der Waals surface area (Å²) >= 11 is 1.40. The van der Waals surface area contributed by atoms with Crippen LogP contribution < -0.4 is 0 Å². The third-order valence-electron chi connectivity index (χ3n) is 1.11. The summed E-state index contributed by atoms with van der Waals surface area (Å²) in [5.74, 6) is 0. The van der Waals surface area contributed by atoms with Gasteiger partial charge in [-0.05, 0) is 19.0 Å². The first-order chi connectivity index (χ1) is 5.31.